The SMILES string of the molecule is CCCCCCCCCCC(CCCCCCCCCC)(C(=O)OCC)P(=O)(O)O. The molecule has 0 aromatic carbocycles. The van der Waals surface area contributed by atoms with Crippen molar-refractivity contribution in [2.75, 3.05) is 6.61 Å². The van der Waals surface area contributed by atoms with Gasteiger partial charge in [0.05, 0.1) is 6.61 Å². The summed E-state index contributed by atoms with van der Waals surface area (Å²) in [6.07, 6.45) is 17.9. The first-order valence-electron chi connectivity index (χ1n) is 12.6. The minimum Gasteiger partial charge on any atom is -0.465 e. The fourth-order valence-electron chi connectivity index (χ4n) is 4.11. The summed E-state index contributed by atoms with van der Waals surface area (Å²) in [7, 11) is -4.61. The number of unbranched alkanes of at least 4 members (excludes halogenated alkanes) is 14. The minimum absolute atomic E-state index is 0.148. The zero-order chi connectivity index (χ0) is 22.7. The van der Waals surface area contributed by atoms with Gasteiger partial charge in [-0.3, -0.25) is 9.36 Å². The number of ether oxygens (including phenoxy) is 1. The van der Waals surface area contributed by atoms with Crippen LogP contribution >= 0.6 is 7.60 Å². The van der Waals surface area contributed by atoms with E-state index in [1.165, 1.54) is 51.4 Å². The molecule has 0 aliphatic rings. The van der Waals surface area contributed by atoms with Crippen LogP contribution in [0.5, 0.6) is 0 Å². The maximum Gasteiger partial charge on any atom is 0.342 e. The summed E-state index contributed by atoms with van der Waals surface area (Å²) in [6.45, 7) is 6.23. The quantitative estimate of drug-likeness (QED) is 0.108. The largest absolute Gasteiger partial charge is 0.465 e. The first kappa shape index (κ1) is 29.6. The molecule has 2 N–H and O–H groups in total. The topological polar surface area (TPSA) is 83.8 Å². The fraction of sp³-hybridized carbons (Fsp3) is 0.958. The Morgan fingerprint density at radius 1 is 0.667 bits per heavy atom. The Hall–Kier alpha value is -0.380. The van der Waals surface area contributed by atoms with Crippen molar-refractivity contribution in [1.82, 2.24) is 0 Å². The molecule has 0 rings (SSSR count). The zero-order valence-corrected chi connectivity index (χ0v) is 20.9. The van der Waals surface area contributed by atoms with Crippen LogP contribution in [0.25, 0.3) is 0 Å². The lowest BCUT2D eigenvalue weighted by molar-refractivity contribution is -0.147. The Bertz CT molecular complexity index is 441. The summed E-state index contributed by atoms with van der Waals surface area (Å²) < 4.78 is 17.6. The van der Waals surface area contributed by atoms with Gasteiger partial charge in [0.2, 0.25) is 0 Å². The van der Waals surface area contributed by atoms with Crippen molar-refractivity contribution < 1.29 is 23.9 Å². The molecule has 6 heteroatoms. The van der Waals surface area contributed by atoms with Crippen LogP contribution in [0.1, 0.15) is 136 Å². The maximum absolute atomic E-state index is 12.7. The van der Waals surface area contributed by atoms with Crippen LogP contribution in [0, 0.1) is 0 Å². The fourth-order valence-corrected chi connectivity index (χ4v) is 5.31. The van der Waals surface area contributed by atoms with Gasteiger partial charge in [-0.2, -0.15) is 0 Å². The molecule has 0 aliphatic heterocycles. The van der Waals surface area contributed by atoms with Crippen molar-refractivity contribution >= 4 is 13.6 Å². The van der Waals surface area contributed by atoms with E-state index in [1.807, 2.05) is 0 Å². The lowest BCUT2D eigenvalue weighted by Gasteiger charge is -2.32. The molecule has 0 saturated heterocycles. The molecular weight excluding hydrogens is 399 g/mol. The number of carbonyl (C=O) groups is 1. The predicted octanol–water partition coefficient (Wildman–Crippen LogP) is 7.53. The van der Waals surface area contributed by atoms with Gasteiger partial charge in [0.15, 0.2) is 5.16 Å². The Labute approximate surface area is 185 Å². The zero-order valence-electron chi connectivity index (χ0n) is 20.0. The van der Waals surface area contributed by atoms with Crippen LogP contribution in [-0.4, -0.2) is 27.5 Å². The Kier molecular flexibility index (Phi) is 18.0. The third kappa shape index (κ3) is 12.5. The van der Waals surface area contributed by atoms with Gasteiger partial charge >= 0.3 is 13.6 Å². The van der Waals surface area contributed by atoms with E-state index >= 15 is 0 Å². The second kappa shape index (κ2) is 18.2. The van der Waals surface area contributed by atoms with E-state index in [4.69, 9.17) is 4.74 Å². The first-order chi connectivity index (χ1) is 14.4. The van der Waals surface area contributed by atoms with Gasteiger partial charge in [-0.05, 0) is 19.8 Å². The number of esters is 1. The highest BCUT2D eigenvalue weighted by Gasteiger charge is 2.53. The Morgan fingerprint density at radius 2 is 1.00 bits per heavy atom. The summed E-state index contributed by atoms with van der Waals surface area (Å²) in [5.41, 5.74) is 0. The van der Waals surface area contributed by atoms with Crippen molar-refractivity contribution in [3.8, 4) is 0 Å². The van der Waals surface area contributed by atoms with E-state index in [1.54, 1.807) is 6.92 Å². The summed E-state index contributed by atoms with van der Waals surface area (Å²) in [6, 6.07) is 0. The normalized spacial score (nSPS) is 12.3. The first-order valence-corrected chi connectivity index (χ1v) is 14.2. The average molecular weight is 449 g/mol. The van der Waals surface area contributed by atoms with Crippen LogP contribution in [0.4, 0.5) is 0 Å². The molecule has 5 nitrogen and oxygen atoms in total. The number of rotatable bonds is 21. The molecule has 30 heavy (non-hydrogen) atoms. The number of carbonyl (C=O) groups excluding carboxylic acids is 1. The molecule has 0 heterocycles. The molecule has 0 unspecified atom stereocenters. The van der Waals surface area contributed by atoms with Gasteiger partial charge in [-0.25, -0.2) is 0 Å². The van der Waals surface area contributed by atoms with Gasteiger partial charge in [-0.1, -0.05) is 117 Å². The summed E-state index contributed by atoms with van der Waals surface area (Å²) in [4.78, 5) is 32.9. The highest BCUT2D eigenvalue weighted by molar-refractivity contribution is 7.54. The van der Waals surface area contributed by atoms with Crippen LogP contribution in [0.3, 0.4) is 0 Å². The van der Waals surface area contributed by atoms with Crippen molar-refractivity contribution in [3.05, 3.63) is 0 Å². The van der Waals surface area contributed by atoms with Gasteiger partial charge < -0.3 is 14.5 Å². The van der Waals surface area contributed by atoms with E-state index in [2.05, 4.69) is 13.8 Å². The molecule has 0 aromatic heterocycles. The standard InChI is InChI=1S/C24H49O5P/c1-4-7-9-11-13-15-17-19-21-24(30(26,27)28,23(25)29-6-3)22-20-18-16-14-12-10-8-5-2/h4-22H2,1-3H3,(H2,26,27,28). The second-order valence-corrected chi connectivity index (χ2v) is 10.7. The summed E-state index contributed by atoms with van der Waals surface area (Å²) in [5, 5.41) is -1.66. The van der Waals surface area contributed by atoms with E-state index in [9.17, 15) is 19.1 Å². The van der Waals surface area contributed by atoms with Crippen LogP contribution in [0.15, 0.2) is 0 Å². The van der Waals surface area contributed by atoms with Crippen LogP contribution < -0.4 is 0 Å². The molecule has 0 bridgehead atoms. The Balaban J connectivity index is 4.64. The van der Waals surface area contributed by atoms with Gasteiger partial charge in [0.25, 0.3) is 0 Å². The van der Waals surface area contributed by atoms with Crippen molar-refractivity contribution in [2.45, 2.75) is 142 Å². The molecular formula is C24H49O5P. The molecule has 180 valence electrons. The summed E-state index contributed by atoms with van der Waals surface area (Å²) >= 11 is 0. The van der Waals surface area contributed by atoms with Crippen molar-refractivity contribution in [1.29, 1.82) is 0 Å². The third-order valence-electron chi connectivity index (χ3n) is 6.10. The van der Waals surface area contributed by atoms with E-state index in [0.29, 0.717) is 12.8 Å². The highest BCUT2D eigenvalue weighted by Crippen LogP contribution is 2.56. The van der Waals surface area contributed by atoms with Crippen molar-refractivity contribution in [2.24, 2.45) is 0 Å². The smallest absolute Gasteiger partial charge is 0.342 e. The van der Waals surface area contributed by atoms with Gasteiger partial charge in [0, 0.05) is 0 Å². The lowest BCUT2D eigenvalue weighted by atomic mass is 9.93. The number of hydrogen-bond donors (Lipinski definition) is 2. The number of hydrogen-bond acceptors (Lipinski definition) is 3. The molecule has 0 amide bonds. The Morgan fingerprint density at radius 3 is 1.30 bits per heavy atom. The molecule has 0 radical (unpaired) electrons. The molecule has 0 fully saturated rings. The maximum atomic E-state index is 12.7. The molecule has 0 atom stereocenters. The minimum atomic E-state index is -4.61. The van der Waals surface area contributed by atoms with E-state index < -0.39 is 18.7 Å². The van der Waals surface area contributed by atoms with Crippen molar-refractivity contribution in [3.63, 3.8) is 0 Å². The molecule has 0 saturated carbocycles. The van der Waals surface area contributed by atoms with Gasteiger partial charge in [-0.15, -0.1) is 0 Å². The lowest BCUT2D eigenvalue weighted by Crippen LogP contribution is -2.40. The monoisotopic (exact) mass is 448 g/mol. The van der Waals surface area contributed by atoms with E-state index in [0.717, 1.165) is 38.5 Å². The predicted molar refractivity (Wildman–Crippen MR) is 126 cm³/mol. The molecule has 0 aliphatic carbocycles. The second-order valence-electron chi connectivity index (χ2n) is 8.75. The average Bonchev–Trinajstić information content (AvgIpc) is 2.69. The van der Waals surface area contributed by atoms with Crippen LogP contribution in [-0.2, 0) is 14.1 Å². The highest BCUT2D eigenvalue weighted by atomic mass is 31.2. The third-order valence-corrected chi connectivity index (χ3v) is 7.85. The molecule has 0 spiro atoms. The summed E-state index contributed by atoms with van der Waals surface area (Å²) in [5.74, 6) is -0.704. The van der Waals surface area contributed by atoms with Crippen LogP contribution in [0.2, 0.25) is 0 Å². The van der Waals surface area contributed by atoms with Gasteiger partial charge in [0.1, 0.15) is 0 Å². The molecule has 0 aromatic rings. The van der Waals surface area contributed by atoms with E-state index in [-0.39, 0.29) is 19.4 Å².